The Morgan fingerprint density at radius 3 is 2.17 bits per heavy atom. The number of nitrogens with one attached hydrogen (secondary N) is 1. The van der Waals surface area contributed by atoms with E-state index in [0.29, 0.717) is 0 Å². The Morgan fingerprint density at radius 2 is 1.92 bits per heavy atom. The molecule has 1 saturated heterocycles. The van der Waals surface area contributed by atoms with Crippen LogP contribution < -0.4 is 4.72 Å². The number of halogens is 3. The van der Waals surface area contributed by atoms with E-state index in [1.807, 2.05) is 0 Å². The molecule has 72 valence electrons. The van der Waals surface area contributed by atoms with Crippen LogP contribution in [0.15, 0.2) is 0 Å². The van der Waals surface area contributed by atoms with Crippen LogP contribution >= 0.6 is 0 Å². The average Bonchev–Trinajstić information content (AvgIpc) is 2.42. The molecule has 0 aliphatic carbocycles. The number of hydrogen-bond donors (Lipinski definition) is 1. The van der Waals surface area contributed by atoms with Crippen molar-refractivity contribution in [3.8, 4) is 0 Å². The van der Waals surface area contributed by atoms with E-state index in [1.165, 1.54) is 11.6 Å². The van der Waals surface area contributed by atoms with Crippen molar-refractivity contribution >= 4 is 10.0 Å². The number of alkyl halides is 3. The van der Waals surface area contributed by atoms with E-state index in [4.69, 9.17) is 0 Å². The summed E-state index contributed by atoms with van der Waals surface area (Å²) in [7, 11) is -5.27. The van der Waals surface area contributed by atoms with Gasteiger partial charge >= 0.3 is 15.5 Å². The quantitative estimate of drug-likeness (QED) is 0.654. The molecule has 1 fully saturated rings. The fraction of sp³-hybridized carbons (Fsp3) is 1.00. The topological polar surface area (TPSA) is 58.7 Å². The lowest BCUT2D eigenvalue weighted by Crippen LogP contribution is -2.43. The molecule has 0 aromatic heterocycles. The van der Waals surface area contributed by atoms with Gasteiger partial charge in [0.25, 0.3) is 0 Å². The maximum atomic E-state index is 11.7. The van der Waals surface area contributed by atoms with Crippen molar-refractivity contribution in [3.05, 3.63) is 0 Å². The predicted molar refractivity (Wildman–Crippen MR) is 32.5 cm³/mol. The summed E-state index contributed by atoms with van der Waals surface area (Å²) < 4.78 is 61.6. The zero-order valence-electron chi connectivity index (χ0n) is 5.97. The first kappa shape index (κ1) is 9.75. The molecule has 0 amide bonds. The van der Waals surface area contributed by atoms with Crippen molar-refractivity contribution in [2.45, 2.75) is 18.2 Å². The Bertz CT molecular complexity index is 278. The summed E-state index contributed by atoms with van der Waals surface area (Å²) in [6, 6.07) is 0. The van der Waals surface area contributed by atoms with E-state index in [2.05, 4.69) is 4.74 Å². The van der Waals surface area contributed by atoms with E-state index in [-0.39, 0.29) is 6.61 Å². The minimum absolute atomic E-state index is 0.0394. The van der Waals surface area contributed by atoms with Gasteiger partial charge in [0.2, 0.25) is 0 Å². The van der Waals surface area contributed by atoms with Gasteiger partial charge in [-0.25, -0.2) is 8.42 Å². The highest BCUT2D eigenvalue weighted by atomic mass is 32.2. The van der Waals surface area contributed by atoms with Gasteiger partial charge in [-0.15, -0.1) is 0 Å². The van der Waals surface area contributed by atoms with Gasteiger partial charge in [0, 0.05) is 0 Å². The summed E-state index contributed by atoms with van der Waals surface area (Å²) >= 11 is 0. The van der Waals surface area contributed by atoms with Crippen molar-refractivity contribution in [3.63, 3.8) is 0 Å². The normalized spacial score (nSPS) is 30.3. The second-order valence-electron chi connectivity index (χ2n) is 2.57. The van der Waals surface area contributed by atoms with Crippen molar-refractivity contribution in [1.82, 2.24) is 4.72 Å². The van der Waals surface area contributed by atoms with Crippen molar-refractivity contribution in [2.24, 2.45) is 0 Å². The molecule has 0 aromatic carbocycles. The molecule has 0 bridgehead atoms. The number of rotatable bonds is 2. The minimum atomic E-state index is -5.28. The molecule has 0 radical (unpaired) electrons. The maximum absolute atomic E-state index is 11.7. The van der Waals surface area contributed by atoms with Crippen LogP contribution in [0.1, 0.15) is 6.92 Å². The van der Waals surface area contributed by atoms with Crippen LogP contribution in [0.25, 0.3) is 0 Å². The van der Waals surface area contributed by atoms with Crippen LogP contribution in [0, 0.1) is 0 Å². The Kier molecular flexibility index (Phi) is 1.89. The van der Waals surface area contributed by atoms with Gasteiger partial charge in [0.05, 0.1) is 6.61 Å². The summed E-state index contributed by atoms with van der Waals surface area (Å²) in [5, 5.41) is 0. The lowest BCUT2D eigenvalue weighted by atomic mass is 10.4. The molecule has 12 heavy (non-hydrogen) atoms. The molecule has 1 aliphatic rings. The van der Waals surface area contributed by atoms with Gasteiger partial charge in [-0.05, 0) is 6.92 Å². The van der Waals surface area contributed by atoms with E-state index in [9.17, 15) is 21.6 Å². The van der Waals surface area contributed by atoms with Crippen LogP contribution in [0.4, 0.5) is 13.2 Å². The minimum Gasteiger partial charge on any atom is -0.353 e. The van der Waals surface area contributed by atoms with Crippen LogP contribution in [-0.4, -0.2) is 26.3 Å². The summed E-state index contributed by atoms with van der Waals surface area (Å²) in [6.45, 7) is 1.18. The van der Waals surface area contributed by atoms with Gasteiger partial charge < -0.3 is 4.74 Å². The fourth-order valence-corrected chi connectivity index (χ4v) is 1.31. The molecule has 1 N–H and O–H groups in total. The molecular weight excluding hydrogens is 199 g/mol. The monoisotopic (exact) mass is 205 g/mol. The fourth-order valence-electron chi connectivity index (χ4n) is 0.509. The second kappa shape index (κ2) is 2.33. The lowest BCUT2D eigenvalue weighted by Gasteiger charge is -2.11. The van der Waals surface area contributed by atoms with Crippen LogP contribution in [-0.2, 0) is 14.8 Å². The van der Waals surface area contributed by atoms with Gasteiger partial charge in [-0.2, -0.15) is 17.9 Å². The van der Waals surface area contributed by atoms with Crippen LogP contribution in [0.3, 0.4) is 0 Å². The predicted octanol–water partition coefficient (Wildman–Crippen LogP) is 0.172. The van der Waals surface area contributed by atoms with Gasteiger partial charge in [0.1, 0.15) is 0 Å². The molecule has 1 atom stereocenters. The van der Waals surface area contributed by atoms with Crippen LogP contribution in [0.5, 0.6) is 0 Å². The SMILES string of the molecule is CC1(NS(=O)(=O)C(F)(F)F)CO1. The maximum Gasteiger partial charge on any atom is 0.511 e. The molecule has 1 heterocycles. The van der Waals surface area contributed by atoms with E-state index in [1.54, 1.807) is 0 Å². The van der Waals surface area contributed by atoms with Gasteiger partial charge in [-0.1, -0.05) is 0 Å². The highest BCUT2D eigenvalue weighted by Crippen LogP contribution is 2.29. The first-order valence-corrected chi connectivity index (χ1v) is 4.39. The summed E-state index contributed by atoms with van der Waals surface area (Å²) in [6.07, 6.45) is 0. The third-order valence-corrected chi connectivity index (χ3v) is 2.54. The first-order valence-electron chi connectivity index (χ1n) is 2.90. The van der Waals surface area contributed by atoms with Crippen molar-refractivity contribution in [1.29, 1.82) is 0 Å². The van der Waals surface area contributed by atoms with Crippen LogP contribution in [0.2, 0.25) is 0 Å². The highest BCUT2D eigenvalue weighted by molar-refractivity contribution is 7.90. The van der Waals surface area contributed by atoms with E-state index in [0.717, 1.165) is 0 Å². The number of epoxide rings is 1. The summed E-state index contributed by atoms with van der Waals surface area (Å²) in [5.74, 6) is 0. The molecule has 1 aliphatic heterocycles. The largest absolute Gasteiger partial charge is 0.511 e. The van der Waals surface area contributed by atoms with Gasteiger partial charge in [-0.3, -0.25) is 0 Å². The zero-order chi connectivity index (χ0) is 9.62. The summed E-state index contributed by atoms with van der Waals surface area (Å²) in [4.78, 5) is 0. The second-order valence-corrected chi connectivity index (χ2v) is 4.24. The third kappa shape index (κ3) is 1.87. The molecule has 4 nitrogen and oxygen atoms in total. The Morgan fingerprint density at radius 1 is 1.50 bits per heavy atom. The van der Waals surface area contributed by atoms with Crippen molar-refractivity contribution in [2.75, 3.05) is 6.61 Å². The van der Waals surface area contributed by atoms with Crippen molar-refractivity contribution < 1.29 is 26.3 Å². The Hall–Kier alpha value is -0.340. The highest BCUT2D eigenvalue weighted by Gasteiger charge is 2.53. The van der Waals surface area contributed by atoms with E-state index >= 15 is 0 Å². The molecule has 1 unspecified atom stereocenters. The summed E-state index contributed by atoms with van der Waals surface area (Å²) in [5.41, 5.74) is -6.64. The Labute approximate surface area is 66.7 Å². The average molecular weight is 205 g/mol. The molecule has 0 aromatic rings. The number of hydrogen-bond acceptors (Lipinski definition) is 3. The van der Waals surface area contributed by atoms with E-state index < -0.39 is 21.3 Å². The molecule has 0 spiro atoms. The molecule has 8 heteroatoms. The molecular formula is C4H6F3NO3S. The molecule has 0 saturated carbocycles. The van der Waals surface area contributed by atoms with Gasteiger partial charge in [0.15, 0.2) is 5.72 Å². The lowest BCUT2D eigenvalue weighted by molar-refractivity contribution is -0.0456. The Balaban J connectivity index is 2.74. The molecule has 1 rings (SSSR count). The standard InChI is InChI=1S/C4H6F3NO3S/c1-3(2-11-3)8-12(9,10)4(5,6)7/h8H,2H2,1H3. The third-order valence-electron chi connectivity index (χ3n) is 1.23. The first-order chi connectivity index (χ1) is 5.16. The smallest absolute Gasteiger partial charge is 0.353 e. The number of sulfonamides is 1. The zero-order valence-corrected chi connectivity index (χ0v) is 6.79. The number of ether oxygens (including phenoxy) is 1.